The van der Waals surface area contributed by atoms with Gasteiger partial charge in [0.15, 0.2) is 5.69 Å². The molecule has 0 spiro atoms. The average molecular weight is 416 g/mol. The summed E-state index contributed by atoms with van der Waals surface area (Å²) in [6, 6.07) is 4.61. The molecule has 0 saturated carbocycles. The molecule has 8 heteroatoms. The van der Waals surface area contributed by atoms with Gasteiger partial charge in [-0.3, -0.25) is 9.59 Å². The molecular weight excluding hydrogens is 402 g/mol. The molecule has 0 radical (unpaired) electrons. The van der Waals surface area contributed by atoms with Crippen LogP contribution in [0.15, 0.2) is 23.0 Å². The van der Waals surface area contributed by atoms with Gasteiger partial charge in [-0.05, 0) is 47.7 Å². The lowest BCUT2D eigenvalue weighted by Gasteiger charge is -2.14. The lowest BCUT2D eigenvalue weighted by molar-refractivity contribution is 0.0956. The van der Waals surface area contributed by atoms with E-state index in [1.807, 2.05) is 22.6 Å². The van der Waals surface area contributed by atoms with Gasteiger partial charge in [0.25, 0.3) is 11.5 Å². The van der Waals surface area contributed by atoms with E-state index in [9.17, 15) is 14.0 Å². The largest absolute Gasteiger partial charge is 0.354 e. The molecule has 0 unspecified atom stereocenters. The smallest absolute Gasteiger partial charge is 0.273 e. The van der Waals surface area contributed by atoms with E-state index in [4.69, 9.17) is 0 Å². The summed E-state index contributed by atoms with van der Waals surface area (Å²) in [6.07, 6.45) is 0. The maximum atomic E-state index is 14.0. The number of hydrogen-bond acceptors (Lipinski definition) is 4. The Morgan fingerprint density at radius 3 is 2.68 bits per heavy atom. The Balaban J connectivity index is 2.60. The Hall–Kier alpha value is -1.97. The van der Waals surface area contributed by atoms with Crippen molar-refractivity contribution in [1.29, 1.82) is 0 Å². The molecule has 0 bridgehead atoms. The van der Waals surface area contributed by atoms with Crippen molar-refractivity contribution < 1.29 is 9.18 Å². The van der Waals surface area contributed by atoms with Gasteiger partial charge < -0.3 is 10.6 Å². The first-order valence-electron chi connectivity index (χ1n) is 6.37. The summed E-state index contributed by atoms with van der Waals surface area (Å²) >= 11 is 2.00. The molecule has 0 saturated heterocycles. The third-order valence-electron chi connectivity index (χ3n) is 3.11. The molecule has 2 aromatic rings. The van der Waals surface area contributed by atoms with Crippen LogP contribution in [0.5, 0.6) is 0 Å². The zero-order valence-corrected chi connectivity index (χ0v) is 14.4. The molecule has 116 valence electrons. The topological polar surface area (TPSA) is 76.0 Å². The highest BCUT2D eigenvalue weighted by molar-refractivity contribution is 14.1. The van der Waals surface area contributed by atoms with Crippen LogP contribution in [-0.4, -0.2) is 22.7 Å². The second-order valence-corrected chi connectivity index (χ2v) is 5.85. The fraction of sp³-hybridized carbons (Fsp3) is 0.214. The van der Waals surface area contributed by atoms with E-state index >= 15 is 0 Å². The molecule has 0 atom stereocenters. The fourth-order valence-electron chi connectivity index (χ4n) is 1.93. The lowest BCUT2D eigenvalue weighted by Crippen LogP contribution is -2.30. The van der Waals surface area contributed by atoms with E-state index in [0.29, 0.717) is 0 Å². The second-order valence-electron chi connectivity index (χ2n) is 4.61. The normalized spacial score (nSPS) is 10.4. The Bertz CT molecular complexity index is 804. The maximum Gasteiger partial charge on any atom is 0.273 e. The van der Waals surface area contributed by atoms with Crippen LogP contribution < -0.4 is 16.2 Å². The minimum Gasteiger partial charge on any atom is -0.354 e. The van der Waals surface area contributed by atoms with Gasteiger partial charge in [0.05, 0.1) is 11.4 Å². The molecule has 1 aromatic heterocycles. The van der Waals surface area contributed by atoms with Gasteiger partial charge in [0.2, 0.25) is 0 Å². The van der Waals surface area contributed by atoms with Gasteiger partial charge in [0, 0.05) is 23.2 Å². The van der Waals surface area contributed by atoms with Crippen LogP contribution in [-0.2, 0) is 7.05 Å². The van der Waals surface area contributed by atoms with E-state index in [0.717, 1.165) is 8.25 Å². The number of carbonyl (C=O) groups is 1. The molecule has 1 heterocycles. The summed E-state index contributed by atoms with van der Waals surface area (Å²) in [5.74, 6) is -0.943. The van der Waals surface area contributed by atoms with Crippen molar-refractivity contribution in [1.82, 2.24) is 15.1 Å². The lowest BCUT2D eigenvalue weighted by atomic mass is 10.2. The monoisotopic (exact) mass is 416 g/mol. The summed E-state index contributed by atoms with van der Waals surface area (Å²) in [4.78, 5) is 24.0. The van der Waals surface area contributed by atoms with Crippen LogP contribution in [0.1, 0.15) is 16.1 Å². The van der Waals surface area contributed by atoms with Crippen molar-refractivity contribution in [3.63, 3.8) is 0 Å². The Kier molecular flexibility index (Phi) is 4.79. The number of hydrogen-bond donors (Lipinski definition) is 2. The number of halogens is 2. The second kappa shape index (κ2) is 6.42. The minimum atomic E-state index is -0.477. The van der Waals surface area contributed by atoms with E-state index in [-0.39, 0.29) is 28.2 Å². The molecule has 0 aliphatic heterocycles. The number of rotatable bonds is 3. The summed E-state index contributed by atoms with van der Waals surface area (Å²) < 4.78 is 15.8. The predicted octanol–water partition coefficient (Wildman–Crippen LogP) is 1.94. The van der Waals surface area contributed by atoms with Crippen LogP contribution in [0.4, 0.5) is 15.8 Å². The number of nitrogens with one attached hydrogen (secondary N) is 2. The highest BCUT2D eigenvalue weighted by Gasteiger charge is 2.19. The van der Waals surface area contributed by atoms with E-state index in [2.05, 4.69) is 15.7 Å². The number of amides is 1. The van der Waals surface area contributed by atoms with Gasteiger partial charge in [0.1, 0.15) is 5.82 Å². The van der Waals surface area contributed by atoms with Crippen molar-refractivity contribution in [2.75, 3.05) is 12.4 Å². The Labute approximate surface area is 139 Å². The minimum absolute atomic E-state index is 0.0278. The van der Waals surface area contributed by atoms with Crippen LogP contribution in [0.3, 0.4) is 0 Å². The zero-order valence-electron chi connectivity index (χ0n) is 12.2. The molecule has 22 heavy (non-hydrogen) atoms. The van der Waals surface area contributed by atoms with Crippen LogP contribution >= 0.6 is 22.6 Å². The molecule has 1 aromatic carbocycles. The quantitative estimate of drug-likeness (QED) is 0.751. The number of aromatic nitrogens is 2. The number of anilines is 2. The van der Waals surface area contributed by atoms with Crippen LogP contribution in [0.2, 0.25) is 0 Å². The first-order chi connectivity index (χ1) is 10.3. The molecule has 0 aliphatic rings. The Morgan fingerprint density at radius 2 is 2.09 bits per heavy atom. The van der Waals surface area contributed by atoms with Crippen LogP contribution in [0, 0.1) is 16.3 Å². The first kappa shape index (κ1) is 16.4. The van der Waals surface area contributed by atoms with Crippen molar-refractivity contribution in [3.8, 4) is 0 Å². The standard InChI is InChI=1S/C14H14FIN4O2/c1-7-11(18-10-5-4-8(16)6-9(10)15)12(13(21)17-2)19-20(3)14(7)22/h4-6,18H,1-3H3,(H,17,21). The fourth-order valence-corrected chi connectivity index (χ4v) is 2.38. The van der Waals surface area contributed by atoms with Gasteiger partial charge in [-0.1, -0.05) is 0 Å². The van der Waals surface area contributed by atoms with Gasteiger partial charge in [-0.15, -0.1) is 0 Å². The van der Waals surface area contributed by atoms with Crippen molar-refractivity contribution in [2.45, 2.75) is 6.92 Å². The highest BCUT2D eigenvalue weighted by Crippen LogP contribution is 2.24. The molecule has 2 N–H and O–H groups in total. The molecule has 0 aliphatic carbocycles. The zero-order chi connectivity index (χ0) is 16.4. The molecule has 2 rings (SSSR count). The average Bonchev–Trinajstić information content (AvgIpc) is 2.49. The van der Waals surface area contributed by atoms with E-state index in [1.165, 1.54) is 20.2 Å². The molecule has 0 fully saturated rings. The number of benzene rings is 1. The third-order valence-corrected chi connectivity index (χ3v) is 3.78. The van der Waals surface area contributed by atoms with Crippen molar-refractivity contribution >= 4 is 39.9 Å². The SMILES string of the molecule is CNC(=O)c1nn(C)c(=O)c(C)c1Nc1ccc(I)cc1F. The summed E-state index contributed by atoms with van der Waals surface area (Å²) in [7, 11) is 2.91. The van der Waals surface area contributed by atoms with Crippen molar-refractivity contribution in [2.24, 2.45) is 7.05 Å². The highest BCUT2D eigenvalue weighted by atomic mass is 127. The molecule has 6 nitrogen and oxygen atoms in total. The number of aryl methyl sites for hydroxylation is 1. The van der Waals surface area contributed by atoms with Gasteiger partial charge in [-0.2, -0.15) is 5.10 Å². The molecule has 1 amide bonds. The Morgan fingerprint density at radius 1 is 1.41 bits per heavy atom. The summed E-state index contributed by atoms with van der Waals surface area (Å²) in [5, 5.41) is 9.21. The van der Waals surface area contributed by atoms with E-state index < -0.39 is 11.7 Å². The number of nitrogens with zero attached hydrogens (tertiary/aromatic N) is 2. The number of carbonyl (C=O) groups excluding carboxylic acids is 1. The van der Waals surface area contributed by atoms with Gasteiger partial charge in [-0.25, -0.2) is 9.07 Å². The summed E-state index contributed by atoms with van der Waals surface area (Å²) in [6.45, 7) is 1.56. The molecular formula is C14H14FIN4O2. The van der Waals surface area contributed by atoms with Crippen LogP contribution in [0.25, 0.3) is 0 Å². The third kappa shape index (κ3) is 3.11. The maximum absolute atomic E-state index is 14.0. The predicted molar refractivity (Wildman–Crippen MR) is 90.0 cm³/mol. The van der Waals surface area contributed by atoms with E-state index in [1.54, 1.807) is 19.1 Å². The van der Waals surface area contributed by atoms with Crippen molar-refractivity contribution in [3.05, 3.63) is 49.2 Å². The first-order valence-corrected chi connectivity index (χ1v) is 7.45. The summed E-state index contributed by atoms with van der Waals surface area (Å²) in [5.41, 5.74) is 0.321. The van der Waals surface area contributed by atoms with Gasteiger partial charge >= 0.3 is 0 Å².